The van der Waals surface area contributed by atoms with Gasteiger partial charge in [0, 0.05) is 36.2 Å². The molecule has 1 aromatic carbocycles. The van der Waals surface area contributed by atoms with Crippen LogP contribution in [0, 0.1) is 5.92 Å². The van der Waals surface area contributed by atoms with E-state index in [9.17, 15) is 14.4 Å². The predicted octanol–water partition coefficient (Wildman–Crippen LogP) is 2.85. The van der Waals surface area contributed by atoms with E-state index in [1.165, 1.54) is 19.3 Å². The maximum atomic E-state index is 12.1. The molecule has 142 valence electrons. The molecule has 26 heavy (non-hydrogen) atoms. The Morgan fingerprint density at radius 1 is 1.04 bits per heavy atom. The predicted molar refractivity (Wildman–Crippen MR) is 102 cm³/mol. The van der Waals surface area contributed by atoms with Crippen molar-refractivity contribution in [3.8, 4) is 0 Å². The average molecular weight is 359 g/mol. The first-order valence-electron chi connectivity index (χ1n) is 9.44. The van der Waals surface area contributed by atoms with Gasteiger partial charge in [-0.25, -0.2) is 0 Å². The Balaban J connectivity index is 1.71. The van der Waals surface area contributed by atoms with Crippen molar-refractivity contribution >= 4 is 23.4 Å². The quantitative estimate of drug-likeness (QED) is 0.699. The molecule has 2 rings (SSSR count). The van der Waals surface area contributed by atoms with E-state index in [1.54, 1.807) is 24.3 Å². The highest BCUT2D eigenvalue weighted by Crippen LogP contribution is 2.17. The zero-order chi connectivity index (χ0) is 18.9. The van der Waals surface area contributed by atoms with Crippen molar-refractivity contribution in [3.05, 3.63) is 29.8 Å². The van der Waals surface area contributed by atoms with Gasteiger partial charge in [-0.05, 0) is 37.1 Å². The van der Waals surface area contributed by atoms with Crippen LogP contribution in [0.1, 0.15) is 62.7 Å². The molecule has 1 aromatic rings. The van der Waals surface area contributed by atoms with Gasteiger partial charge in [-0.2, -0.15) is 0 Å². The molecule has 0 aliphatic heterocycles. The molecule has 3 N–H and O–H groups in total. The number of nitrogens with one attached hydrogen (secondary N) is 3. The lowest BCUT2D eigenvalue weighted by atomic mass is 9.95. The summed E-state index contributed by atoms with van der Waals surface area (Å²) < 4.78 is 0. The molecule has 0 aromatic heterocycles. The Morgan fingerprint density at radius 3 is 2.31 bits per heavy atom. The topological polar surface area (TPSA) is 87.3 Å². The lowest BCUT2D eigenvalue weighted by Crippen LogP contribution is -2.38. The number of carbonyl (C=O) groups excluding carboxylic acids is 3. The molecule has 1 aliphatic rings. The van der Waals surface area contributed by atoms with Crippen LogP contribution in [0.2, 0.25) is 0 Å². The Bertz CT molecular complexity index is 620. The molecule has 0 radical (unpaired) electrons. The SMILES string of the molecule is CC(C)C(=O)Nc1ccc(C(=O)NCCC(=O)NC2CCCCC2)cc1. The summed E-state index contributed by atoms with van der Waals surface area (Å²) in [7, 11) is 0. The van der Waals surface area contributed by atoms with Gasteiger partial charge in [0.1, 0.15) is 0 Å². The maximum Gasteiger partial charge on any atom is 0.251 e. The van der Waals surface area contributed by atoms with E-state index < -0.39 is 0 Å². The number of rotatable bonds is 7. The number of anilines is 1. The summed E-state index contributed by atoms with van der Waals surface area (Å²) in [6.45, 7) is 3.95. The van der Waals surface area contributed by atoms with Gasteiger partial charge in [-0.15, -0.1) is 0 Å². The van der Waals surface area contributed by atoms with Gasteiger partial charge in [-0.1, -0.05) is 33.1 Å². The standard InChI is InChI=1S/C20H29N3O3/c1-14(2)19(25)23-17-10-8-15(9-11-17)20(26)21-13-12-18(24)22-16-6-4-3-5-7-16/h8-11,14,16H,3-7,12-13H2,1-2H3,(H,21,26)(H,22,24)(H,23,25). The molecule has 6 nitrogen and oxygen atoms in total. The fraction of sp³-hybridized carbons (Fsp3) is 0.550. The minimum atomic E-state index is -0.225. The molecule has 0 atom stereocenters. The first-order valence-corrected chi connectivity index (χ1v) is 9.44. The molecule has 1 fully saturated rings. The molecule has 0 bridgehead atoms. The molecule has 1 saturated carbocycles. The first kappa shape index (κ1) is 19.9. The van der Waals surface area contributed by atoms with Gasteiger partial charge in [0.15, 0.2) is 0 Å². The van der Waals surface area contributed by atoms with E-state index in [0.717, 1.165) is 12.8 Å². The second kappa shape index (κ2) is 9.94. The van der Waals surface area contributed by atoms with E-state index >= 15 is 0 Å². The molecule has 0 saturated heterocycles. The monoisotopic (exact) mass is 359 g/mol. The van der Waals surface area contributed by atoms with Crippen LogP contribution in [-0.4, -0.2) is 30.3 Å². The fourth-order valence-corrected chi connectivity index (χ4v) is 2.93. The van der Waals surface area contributed by atoms with E-state index in [-0.39, 0.29) is 30.1 Å². The minimum Gasteiger partial charge on any atom is -0.353 e. The highest BCUT2D eigenvalue weighted by molar-refractivity contribution is 5.96. The molecule has 0 unspecified atom stereocenters. The van der Waals surface area contributed by atoms with Crippen molar-refractivity contribution in [2.24, 2.45) is 5.92 Å². The van der Waals surface area contributed by atoms with Gasteiger partial charge < -0.3 is 16.0 Å². The molecule has 3 amide bonds. The number of amides is 3. The van der Waals surface area contributed by atoms with Crippen LogP contribution >= 0.6 is 0 Å². The van der Waals surface area contributed by atoms with Crippen molar-refractivity contribution in [3.63, 3.8) is 0 Å². The highest BCUT2D eigenvalue weighted by Gasteiger charge is 2.15. The lowest BCUT2D eigenvalue weighted by Gasteiger charge is -2.22. The maximum absolute atomic E-state index is 12.1. The Morgan fingerprint density at radius 2 is 1.69 bits per heavy atom. The van der Waals surface area contributed by atoms with Gasteiger partial charge in [0.25, 0.3) is 5.91 Å². The van der Waals surface area contributed by atoms with Crippen LogP contribution in [0.5, 0.6) is 0 Å². The molecular weight excluding hydrogens is 330 g/mol. The third kappa shape index (κ3) is 6.50. The minimum absolute atomic E-state index is 0.0102. The lowest BCUT2D eigenvalue weighted by molar-refractivity contribution is -0.122. The Hall–Kier alpha value is -2.37. The summed E-state index contributed by atoms with van der Waals surface area (Å²) in [4.78, 5) is 35.7. The second-order valence-corrected chi connectivity index (χ2v) is 7.13. The van der Waals surface area contributed by atoms with Crippen LogP contribution in [0.25, 0.3) is 0 Å². The summed E-state index contributed by atoms with van der Waals surface area (Å²) in [5.41, 5.74) is 1.16. The first-order chi connectivity index (χ1) is 12.5. The second-order valence-electron chi connectivity index (χ2n) is 7.13. The van der Waals surface area contributed by atoms with Crippen LogP contribution < -0.4 is 16.0 Å². The van der Waals surface area contributed by atoms with Gasteiger partial charge >= 0.3 is 0 Å². The number of benzene rings is 1. The van der Waals surface area contributed by atoms with Gasteiger partial charge in [-0.3, -0.25) is 14.4 Å². The fourth-order valence-electron chi connectivity index (χ4n) is 2.93. The van der Waals surface area contributed by atoms with Crippen molar-refractivity contribution in [2.45, 2.75) is 58.4 Å². The van der Waals surface area contributed by atoms with Crippen LogP contribution in [0.4, 0.5) is 5.69 Å². The summed E-state index contributed by atoms with van der Waals surface area (Å²) in [6.07, 6.45) is 5.99. The Labute approximate surface area is 155 Å². The van der Waals surface area contributed by atoms with Gasteiger partial charge in [0.05, 0.1) is 0 Å². The van der Waals surface area contributed by atoms with Crippen LogP contribution in [-0.2, 0) is 9.59 Å². The number of hydrogen-bond donors (Lipinski definition) is 3. The van der Waals surface area contributed by atoms with E-state index in [4.69, 9.17) is 0 Å². The van der Waals surface area contributed by atoms with Crippen LogP contribution in [0.15, 0.2) is 24.3 Å². The third-order valence-corrected chi connectivity index (χ3v) is 4.55. The van der Waals surface area contributed by atoms with E-state index in [1.807, 2.05) is 13.8 Å². The highest BCUT2D eigenvalue weighted by atomic mass is 16.2. The molecular formula is C20H29N3O3. The van der Waals surface area contributed by atoms with E-state index in [0.29, 0.717) is 23.8 Å². The normalized spacial score (nSPS) is 14.7. The van der Waals surface area contributed by atoms with Crippen molar-refractivity contribution in [2.75, 3.05) is 11.9 Å². The largest absolute Gasteiger partial charge is 0.353 e. The number of carbonyl (C=O) groups is 3. The zero-order valence-electron chi connectivity index (χ0n) is 15.6. The molecule has 1 aliphatic carbocycles. The smallest absolute Gasteiger partial charge is 0.251 e. The molecule has 6 heteroatoms. The van der Waals surface area contributed by atoms with E-state index in [2.05, 4.69) is 16.0 Å². The molecule has 0 spiro atoms. The van der Waals surface area contributed by atoms with Crippen molar-refractivity contribution in [1.29, 1.82) is 0 Å². The summed E-state index contributed by atoms with van der Waals surface area (Å²) >= 11 is 0. The zero-order valence-corrected chi connectivity index (χ0v) is 15.6. The summed E-state index contributed by atoms with van der Waals surface area (Å²) in [5.74, 6) is -0.398. The molecule has 0 heterocycles. The van der Waals surface area contributed by atoms with Crippen molar-refractivity contribution in [1.82, 2.24) is 10.6 Å². The average Bonchev–Trinajstić information content (AvgIpc) is 2.63. The van der Waals surface area contributed by atoms with Crippen molar-refractivity contribution < 1.29 is 14.4 Å². The summed E-state index contributed by atoms with van der Waals surface area (Å²) in [5, 5.41) is 8.58. The number of hydrogen-bond acceptors (Lipinski definition) is 3. The van der Waals surface area contributed by atoms with Crippen LogP contribution in [0.3, 0.4) is 0 Å². The summed E-state index contributed by atoms with van der Waals surface area (Å²) in [6, 6.07) is 7.01. The Kier molecular flexibility index (Phi) is 7.63. The third-order valence-electron chi connectivity index (χ3n) is 4.55. The van der Waals surface area contributed by atoms with Gasteiger partial charge in [0.2, 0.25) is 11.8 Å².